The van der Waals surface area contributed by atoms with Gasteiger partial charge < -0.3 is 4.74 Å². The number of hydrogen-bond acceptors (Lipinski definition) is 3. The van der Waals surface area contributed by atoms with E-state index in [2.05, 4.69) is 0 Å². The monoisotopic (exact) mass is 252 g/mol. The molecule has 0 aliphatic rings. The molecule has 0 bridgehead atoms. The lowest BCUT2D eigenvalue weighted by molar-refractivity contribution is 0.0601. The first kappa shape index (κ1) is 11.2. The molecule has 0 amide bonds. The van der Waals surface area contributed by atoms with Crippen molar-refractivity contribution in [1.82, 2.24) is 0 Å². The van der Waals surface area contributed by atoms with Crippen LogP contribution in [0.4, 0.5) is 0 Å². The van der Waals surface area contributed by atoms with Crippen LogP contribution in [0, 0.1) is 0 Å². The van der Waals surface area contributed by atoms with Crippen LogP contribution >= 0.6 is 22.9 Å². The quantitative estimate of drug-likeness (QED) is 0.759. The molecule has 0 spiro atoms. The molecule has 1 heterocycles. The summed E-state index contributed by atoms with van der Waals surface area (Å²) in [5, 5.41) is 0. The van der Waals surface area contributed by atoms with Crippen molar-refractivity contribution in [3.63, 3.8) is 0 Å². The van der Waals surface area contributed by atoms with Gasteiger partial charge in [-0.3, -0.25) is 0 Å². The van der Waals surface area contributed by atoms with Gasteiger partial charge >= 0.3 is 5.97 Å². The molecular weight excluding hydrogens is 244 g/mol. The molecule has 0 saturated carbocycles. The zero-order valence-electron chi connectivity index (χ0n) is 8.57. The van der Waals surface area contributed by atoms with Gasteiger partial charge in [0.1, 0.15) is 0 Å². The van der Waals surface area contributed by atoms with E-state index in [1.54, 1.807) is 6.07 Å². The zero-order valence-corrected chi connectivity index (χ0v) is 10.1. The highest BCUT2D eigenvalue weighted by Crippen LogP contribution is 2.33. The SMILES string of the molecule is COC(=O)c1ccccc1-c1ccc(Cl)s1. The zero-order chi connectivity index (χ0) is 11.5. The number of benzene rings is 1. The molecule has 4 heteroatoms. The molecule has 0 atom stereocenters. The first-order chi connectivity index (χ1) is 7.72. The number of hydrogen-bond donors (Lipinski definition) is 0. The number of ether oxygens (including phenoxy) is 1. The van der Waals surface area contributed by atoms with E-state index < -0.39 is 0 Å². The van der Waals surface area contributed by atoms with Gasteiger partial charge in [0.05, 0.1) is 17.0 Å². The topological polar surface area (TPSA) is 26.3 Å². The molecular formula is C12H9ClO2S. The van der Waals surface area contributed by atoms with E-state index in [0.29, 0.717) is 9.90 Å². The van der Waals surface area contributed by atoms with Gasteiger partial charge in [-0.1, -0.05) is 29.8 Å². The van der Waals surface area contributed by atoms with Gasteiger partial charge in [-0.25, -0.2) is 4.79 Å². The van der Waals surface area contributed by atoms with E-state index in [-0.39, 0.29) is 5.97 Å². The fourth-order valence-corrected chi connectivity index (χ4v) is 2.53. The Balaban J connectivity index is 2.52. The Morgan fingerprint density at radius 2 is 2.00 bits per heavy atom. The van der Waals surface area contributed by atoms with Crippen molar-refractivity contribution in [3.8, 4) is 10.4 Å². The molecule has 0 radical (unpaired) electrons. The molecule has 0 N–H and O–H groups in total. The van der Waals surface area contributed by atoms with E-state index in [1.807, 2.05) is 30.3 Å². The van der Waals surface area contributed by atoms with Crippen LogP contribution in [0.3, 0.4) is 0 Å². The summed E-state index contributed by atoms with van der Waals surface area (Å²) in [6.45, 7) is 0. The second kappa shape index (κ2) is 4.68. The molecule has 82 valence electrons. The Kier molecular flexibility index (Phi) is 3.27. The molecule has 2 rings (SSSR count). The first-order valence-electron chi connectivity index (χ1n) is 4.65. The third-order valence-electron chi connectivity index (χ3n) is 2.17. The molecule has 0 fully saturated rings. The number of esters is 1. The van der Waals surface area contributed by atoms with Crippen LogP contribution in [-0.2, 0) is 4.74 Å². The number of carbonyl (C=O) groups is 1. The second-order valence-electron chi connectivity index (χ2n) is 3.14. The average Bonchev–Trinajstić information content (AvgIpc) is 2.75. The van der Waals surface area contributed by atoms with Gasteiger partial charge in [0.2, 0.25) is 0 Å². The normalized spacial score (nSPS) is 10.1. The van der Waals surface area contributed by atoms with Crippen molar-refractivity contribution in [1.29, 1.82) is 0 Å². The molecule has 1 aromatic heterocycles. The Morgan fingerprint density at radius 1 is 1.25 bits per heavy atom. The van der Waals surface area contributed by atoms with Crippen LogP contribution in [0.25, 0.3) is 10.4 Å². The molecule has 2 nitrogen and oxygen atoms in total. The number of carbonyl (C=O) groups excluding carboxylic acids is 1. The fourth-order valence-electron chi connectivity index (χ4n) is 1.44. The van der Waals surface area contributed by atoms with Crippen molar-refractivity contribution >= 4 is 28.9 Å². The Labute approximate surface area is 102 Å². The second-order valence-corrected chi connectivity index (χ2v) is 4.86. The van der Waals surface area contributed by atoms with Gasteiger partial charge in [0.15, 0.2) is 0 Å². The molecule has 1 aromatic carbocycles. The van der Waals surface area contributed by atoms with E-state index >= 15 is 0 Å². The summed E-state index contributed by atoms with van der Waals surface area (Å²) < 4.78 is 5.44. The maximum atomic E-state index is 11.6. The third kappa shape index (κ3) is 2.10. The van der Waals surface area contributed by atoms with Crippen LogP contribution in [-0.4, -0.2) is 13.1 Å². The third-order valence-corrected chi connectivity index (χ3v) is 3.44. The highest BCUT2D eigenvalue weighted by Gasteiger charge is 2.13. The van der Waals surface area contributed by atoms with Crippen molar-refractivity contribution in [2.45, 2.75) is 0 Å². The van der Waals surface area contributed by atoms with Crippen molar-refractivity contribution in [3.05, 3.63) is 46.3 Å². The Bertz CT molecular complexity index is 519. The lowest BCUT2D eigenvalue weighted by Crippen LogP contribution is -2.02. The van der Waals surface area contributed by atoms with E-state index in [9.17, 15) is 4.79 Å². The summed E-state index contributed by atoms with van der Waals surface area (Å²) >= 11 is 7.32. The number of methoxy groups -OCH3 is 1. The largest absolute Gasteiger partial charge is 0.465 e. The van der Waals surface area contributed by atoms with Crippen molar-refractivity contribution < 1.29 is 9.53 Å². The van der Waals surface area contributed by atoms with Crippen LogP contribution in [0.15, 0.2) is 36.4 Å². The summed E-state index contributed by atoms with van der Waals surface area (Å²) in [7, 11) is 1.38. The highest BCUT2D eigenvalue weighted by molar-refractivity contribution is 7.19. The summed E-state index contributed by atoms with van der Waals surface area (Å²) in [5.41, 5.74) is 1.41. The van der Waals surface area contributed by atoms with Gasteiger partial charge in [-0.05, 0) is 18.2 Å². The molecule has 0 aliphatic heterocycles. The summed E-state index contributed by atoms with van der Waals surface area (Å²) in [5.74, 6) is -0.333. The Morgan fingerprint density at radius 3 is 2.62 bits per heavy atom. The van der Waals surface area contributed by atoms with Crippen LogP contribution < -0.4 is 0 Å². The minimum absolute atomic E-state index is 0.333. The van der Waals surface area contributed by atoms with Crippen molar-refractivity contribution in [2.24, 2.45) is 0 Å². The number of thiophene rings is 1. The van der Waals surface area contributed by atoms with Crippen LogP contribution in [0.2, 0.25) is 4.34 Å². The Hall–Kier alpha value is -1.32. The van der Waals surface area contributed by atoms with Crippen molar-refractivity contribution in [2.75, 3.05) is 7.11 Å². The van der Waals surface area contributed by atoms with Crippen LogP contribution in [0.5, 0.6) is 0 Å². The maximum Gasteiger partial charge on any atom is 0.338 e. The number of halogens is 1. The predicted molar refractivity (Wildman–Crippen MR) is 66.1 cm³/mol. The molecule has 0 saturated heterocycles. The maximum absolute atomic E-state index is 11.6. The van der Waals surface area contributed by atoms with Gasteiger partial charge in [-0.15, -0.1) is 11.3 Å². The fraction of sp³-hybridized carbons (Fsp3) is 0.0833. The van der Waals surface area contributed by atoms with Gasteiger partial charge in [-0.2, -0.15) is 0 Å². The predicted octanol–water partition coefficient (Wildman–Crippen LogP) is 3.86. The highest BCUT2D eigenvalue weighted by atomic mass is 35.5. The van der Waals surface area contributed by atoms with Gasteiger partial charge in [0, 0.05) is 10.4 Å². The van der Waals surface area contributed by atoms with E-state index in [1.165, 1.54) is 18.4 Å². The first-order valence-corrected chi connectivity index (χ1v) is 5.85. The summed E-state index contributed by atoms with van der Waals surface area (Å²) in [6, 6.07) is 11.0. The lowest BCUT2D eigenvalue weighted by atomic mass is 10.1. The molecule has 0 aliphatic carbocycles. The number of rotatable bonds is 2. The summed E-state index contributed by atoms with van der Waals surface area (Å²) in [6.07, 6.45) is 0. The van der Waals surface area contributed by atoms with Gasteiger partial charge in [0.25, 0.3) is 0 Å². The van der Waals surface area contributed by atoms with Crippen LogP contribution in [0.1, 0.15) is 10.4 Å². The summed E-state index contributed by atoms with van der Waals surface area (Å²) in [4.78, 5) is 12.5. The lowest BCUT2D eigenvalue weighted by Gasteiger charge is -2.04. The molecule has 2 aromatic rings. The smallest absolute Gasteiger partial charge is 0.338 e. The minimum Gasteiger partial charge on any atom is -0.465 e. The van der Waals surface area contributed by atoms with E-state index in [0.717, 1.165) is 10.4 Å². The van der Waals surface area contributed by atoms with E-state index in [4.69, 9.17) is 16.3 Å². The minimum atomic E-state index is -0.333. The average molecular weight is 253 g/mol. The molecule has 16 heavy (non-hydrogen) atoms. The molecule has 0 unspecified atom stereocenters. The standard InChI is InChI=1S/C12H9ClO2S/c1-15-12(14)9-5-3-2-4-8(9)10-6-7-11(13)16-10/h2-7H,1H3.